The fourth-order valence-electron chi connectivity index (χ4n) is 2.81. The van der Waals surface area contributed by atoms with E-state index in [9.17, 15) is 4.79 Å². The molecule has 0 radical (unpaired) electrons. The number of pyridine rings is 1. The Bertz CT molecular complexity index is 686. The number of nitrogens with one attached hydrogen (secondary N) is 2. The molecule has 148 valence electrons. The zero-order valence-corrected chi connectivity index (χ0v) is 16.7. The van der Waals surface area contributed by atoms with Crippen LogP contribution >= 0.6 is 24.8 Å². The molecular formula is C19H25Cl2N3O3. The zero-order valence-electron chi connectivity index (χ0n) is 15.1. The van der Waals surface area contributed by atoms with Crippen LogP contribution in [0.15, 0.2) is 48.7 Å². The maximum Gasteiger partial charge on any atom is 0.258 e. The van der Waals surface area contributed by atoms with Crippen LogP contribution in [-0.2, 0) is 4.79 Å². The molecule has 27 heavy (non-hydrogen) atoms. The van der Waals surface area contributed by atoms with E-state index in [0.29, 0.717) is 23.4 Å². The van der Waals surface area contributed by atoms with Crippen molar-refractivity contribution in [1.82, 2.24) is 15.6 Å². The summed E-state index contributed by atoms with van der Waals surface area (Å²) < 4.78 is 11.2. The molecule has 1 saturated heterocycles. The van der Waals surface area contributed by atoms with Crippen molar-refractivity contribution in [2.45, 2.75) is 31.8 Å². The summed E-state index contributed by atoms with van der Waals surface area (Å²) in [4.78, 5) is 16.1. The van der Waals surface area contributed by atoms with Crippen LogP contribution in [0.25, 0.3) is 0 Å². The van der Waals surface area contributed by atoms with Gasteiger partial charge in [-0.15, -0.1) is 24.8 Å². The van der Waals surface area contributed by atoms with E-state index in [0.717, 1.165) is 19.4 Å². The molecule has 1 aliphatic heterocycles. The van der Waals surface area contributed by atoms with Crippen molar-refractivity contribution in [2.24, 2.45) is 0 Å². The number of ether oxygens (including phenoxy) is 2. The van der Waals surface area contributed by atoms with Gasteiger partial charge in [0.1, 0.15) is 11.5 Å². The van der Waals surface area contributed by atoms with Gasteiger partial charge in [-0.05, 0) is 56.6 Å². The predicted octanol–water partition coefficient (Wildman–Crippen LogP) is 3.35. The molecule has 2 N–H and O–H groups in total. The Hall–Kier alpha value is -2.02. The number of hydrogen-bond donors (Lipinski definition) is 2. The summed E-state index contributed by atoms with van der Waals surface area (Å²) in [5.74, 6) is 1.74. The molecule has 2 atom stereocenters. The minimum Gasteiger partial charge on any atom is -0.484 e. The quantitative estimate of drug-likeness (QED) is 0.759. The van der Waals surface area contributed by atoms with Crippen LogP contribution in [0.2, 0.25) is 0 Å². The fraction of sp³-hybridized carbons (Fsp3) is 0.368. The Labute approximate surface area is 171 Å². The number of carbonyl (C=O) groups is 1. The van der Waals surface area contributed by atoms with Crippen molar-refractivity contribution in [1.29, 1.82) is 0 Å². The number of halogens is 2. The molecule has 2 heterocycles. The number of rotatable bonds is 6. The largest absolute Gasteiger partial charge is 0.484 e. The van der Waals surface area contributed by atoms with Gasteiger partial charge >= 0.3 is 0 Å². The maximum absolute atomic E-state index is 12.0. The van der Waals surface area contributed by atoms with Crippen molar-refractivity contribution in [3.63, 3.8) is 0 Å². The van der Waals surface area contributed by atoms with Crippen LogP contribution in [0.1, 0.15) is 19.8 Å². The van der Waals surface area contributed by atoms with Crippen molar-refractivity contribution in [2.75, 3.05) is 13.2 Å². The molecule has 0 spiro atoms. The summed E-state index contributed by atoms with van der Waals surface area (Å²) in [5, 5.41) is 6.39. The van der Waals surface area contributed by atoms with E-state index >= 15 is 0 Å². The molecule has 2 aromatic rings. The number of hydrogen-bond acceptors (Lipinski definition) is 5. The van der Waals surface area contributed by atoms with E-state index in [1.54, 1.807) is 36.5 Å². The molecule has 0 aliphatic carbocycles. The summed E-state index contributed by atoms with van der Waals surface area (Å²) in [5.41, 5.74) is 0. The highest BCUT2D eigenvalue weighted by atomic mass is 35.5. The molecule has 0 saturated carbocycles. The van der Waals surface area contributed by atoms with Gasteiger partial charge in [-0.2, -0.15) is 0 Å². The number of nitrogens with zero attached hydrogens (tertiary/aromatic N) is 1. The van der Waals surface area contributed by atoms with Gasteiger partial charge in [0.15, 0.2) is 6.61 Å². The Kier molecular flexibility index (Phi) is 9.93. The van der Waals surface area contributed by atoms with Gasteiger partial charge in [0.2, 0.25) is 5.88 Å². The standard InChI is InChI=1S/C19H23N3O3.2ClH/c1-14-12-15(9-11-20-14)22-18(23)13-24-16-5-7-17(8-6-16)25-19-4-2-3-10-21-19;;/h2-8,10,14-15,20H,9,11-13H2,1H3,(H,22,23);2*1H. The van der Waals surface area contributed by atoms with Crippen molar-refractivity contribution in [3.8, 4) is 17.4 Å². The Morgan fingerprint density at radius 1 is 1.19 bits per heavy atom. The first-order chi connectivity index (χ1) is 12.2. The predicted molar refractivity (Wildman–Crippen MR) is 109 cm³/mol. The lowest BCUT2D eigenvalue weighted by atomic mass is 10.0. The fourth-order valence-corrected chi connectivity index (χ4v) is 2.81. The first kappa shape index (κ1) is 23.0. The second-order valence-corrected chi connectivity index (χ2v) is 6.17. The minimum absolute atomic E-state index is 0. The third kappa shape index (κ3) is 7.62. The lowest BCUT2D eigenvalue weighted by Crippen LogP contribution is -2.47. The molecule has 8 heteroatoms. The summed E-state index contributed by atoms with van der Waals surface area (Å²) in [6.07, 6.45) is 3.58. The van der Waals surface area contributed by atoms with Gasteiger partial charge in [-0.25, -0.2) is 4.98 Å². The van der Waals surface area contributed by atoms with Gasteiger partial charge in [0.25, 0.3) is 5.91 Å². The Balaban J connectivity index is 0.00000182. The molecule has 3 rings (SSSR count). The highest BCUT2D eigenvalue weighted by Crippen LogP contribution is 2.22. The SMILES string of the molecule is CC1CC(NC(=O)COc2ccc(Oc3ccccn3)cc2)CCN1.Cl.Cl. The van der Waals surface area contributed by atoms with E-state index in [1.807, 2.05) is 12.1 Å². The van der Waals surface area contributed by atoms with Crippen molar-refractivity contribution >= 4 is 30.7 Å². The Morgan fingerprint density at radius 2 is 1.93 bits per heavy atom. The highest BCUT2D eigenvalue weighted by molar-refractivity contribution is 5.85. The van der Waals surface area contributed by atoms with Crippen LogP contribution < -0.4 is 20.1 Å². The van der Waals surface area contributed by atoms with Gasteiger partial charge in [0, 0.05) is 24.3 Å². The topological polar surface area (TPSA) is 72.5 Å². The van der Waals surface area contributed by atoms with Crippen LogP contribution in [0.3, 0.4) is 0 Å². The first-order valence-electron chi connectivity index (χ1n) is 8.53. The zero-order chi connectivity index (χ0) is 17.5. The number of aromatic nitrogens is 1. The average molecular weight is 414 g/mol. The third-order valence-corrected chi connectivity index (χ3v) is 4.04. The molecule has 1 fully saturated rings. The second-order valence-electron chi connectivity index (χ2n) is 6.17. The van der Waals surface area contributed by atoms with Gasteiger partial charge in [-0.1, -0.05) is 6.07 Å². The molecule has 1 amide bonds. The molecule has 1 aliphatic rings. The molecular weight excluding hydrogens is 389 g/mol. The third-order valence-electron chi connectivity index (χ3n) is 4.04. The van der Waals surface area contributed by atoms with Gasteiger partial charge < -0.3 is 20.1 Å². The Morgan fingerprint density at radius 3 is 2.59 bits per heavy atom. The second kappa shape index (κ2) is 11.6. The van der Waals surface area contributed by atoms with E-state index in [2.05, 4.69) is 22.5 Å². The van der Waals surface area contributed by atoms with Gasteiger partial charge in [-0.3, -0.25) is 4.79 Å². The van der Waals surface area contributed by atoms with Crippen LogP contribution in [0.5, 0.6) is 17.4 Å². The minimum atomic E-state index is -0.0899. The van der Waals surface area contributed by atoms with Crippen LogP contribution in [0, 0.1) is 0 Å². The summed E-state index contributed by atoms with van der Waals surface area (Å²) >= 11 is 0. The lowest BCUT2D eigenvalue weighted by Gasteiger charge is -2.28. The summed E-state index contributed by atoms with van der Waals surface area (Å²) in [7, 11) is 0. The normalized spacial score (nSPS) is 18.4. The van der Waals surface area contributed by atoms with Gasteiger partial charge in [0.05, 0.1) is 0 Å². The molecule has 6 nitrogen and oxygen atoms in total. The number of piperidine rings is 1. The number of benzene rings is 1. The highest BCUT2D eigenvalue weighted by Gasteiger charge is 2.19. The molecule has 1 aromatic carbocycles. The summed E-state index contributed by atoms with van der Waals surface area (Å²) in [6.45, 7) is 3.08. The first-order valence-corrected chi connectivity index (χ1v) is 8.53. The average Bonchev–Trinajstić information content (AvgIpc) is 2.62. The van der Waals surface area contributed by atoms with E-state index < -0.39 is 0 Å². The van der Waals surface area contributed by atoms with E-state index in [4.69, 9.17) is 9.47 Å². The van der Waals surface area contributed by atoms with Crippen molar-refractivity contribution < 1.29 is 14.3 Å². The van der Waals surface area contributed by atoms with Crippen LogP contribution in [-0.4, -0.2) is 36.1 Å². The smallest absolute Gasteiger partial charge is 0.258 e. The van der Waals surface area contributed by atoms with E-state index in [-0.39, 0.29) is 43.4 Å². The van der Waals surface area contributed by atoms with Crippen molar-refractivity contribution in [3.05, 3.63) is 48.7 Å². The van der Waals surface area contributed by atoms with Crippen LogP contribution in [0.4, 0.5) is 0 Å². The number of amides is 1. The lowest BCUT2D eigenvalue weighted by molar-refractivity contribution is -0.124. The molecule has 0 bridgehead atoms. The van der Waals surface area contributed by atoms with E-state index in [1.165, 1.54) is 0 Å². The monoisotopic (exact) mass is 413 g/mol. The summed E-state index contributed by atoms with van der Waals surface area (Å²) in [6, 6.07) is 13.3. The molecule has 2 unspecified atom stereocenters. The number of carbonyl (C=O) groups excluding carboxylic acids is 1. The maximum atomic E-state index is 12.0. The molecule has 1 aromatic heterocycles.